The SMILES string of the molecule is CCCOc1ccnc(NCC(C)(C)N)n1. The van der Waals surface area contributed by atoms with Crippen molar-refractivity contribution in [3.05, 3.63) is 12.3 Å². The molecule has 0 saturated heterocycles. The van der Waals surface area contributed by atoms with Crippen molar-refractivity contribution in [3.8, 4) is 5.88 Å². The molecule has 0 fully saturated rings. The predicted molar refractivity (Wildman–Crippen MR) is 64.6 cm³/mol. The molecule has 0 aliphatic heterocycles. The van der Waals surface area contributed by atoms with Gasteiger partial charge in [0.2, 0.25) is 11.8 Å². The quantitative estimate of drug-likeness (QED) is 0.764. The normalized spacial score (nSPS) is 11.2. The molecule has 16 heavy (non-hydrogen) atoms. The van der Waals surface area contributed by atoms with E-state index in [-0.39, 0.29) is 5.54 Å². The Bertz CT molecular complexity index is 322. The largest absolute Gasteiger partial charge is 0.478 e. The molecular weight excluding hydrogens is 204 g/mol. The van der Waals surface area contributed by atoms with E-state index in [1.807, 2.05) is 13.8 Å². The third-order valence-electron chi connectivity index (χ3n) is 1.79. The van der Waals surface area contributed by atoms with Crippen LogP contribution in [0, 0.1) is 0 Å². The highest BCUT2D eigenvalue weighted by molar-refractivity contribution is 5.28. The Morgan fingerprint density at radius 1 is 1.50 bits per heavy atom. The van der Waals surface area contributed by atoms with E-state index in [9.17, 15) is 0 Å². The zero-order valence-corrected chi connectivity index (χ0v) is 10.2. The van der Waals surface area contributed by atoms with E-state index in [4.69, 9.17) is 10.5 Å². The smallest absolute Gasteiger partial charge is 0.226 e. The summed E-state index contributed by atoms with van der Waals surface area (Å²) in [5, 5.41) is 3.07. The van der Waals surface area contributed by atoms with Crippen LogP contribution in [0.1, 0.15) is 27.2 Å². The van der Waals surface area contributed by atoms with Crippen LogP contribution in [0.3, 0.4) is 0 Å². The average Bonchev–Trinajstić information content (AvgIpc) is 2.23. The van der Waals surface area contributed by atoms with Gasteiger partial charge in [0.05, 0.1) is 6.61 Å². The van der Waals surface area contributed by atoms with Crippen LogP contribution in [-0.4, -0.2) is 28.7 Å². The van der Waals surface area contributed by atoms with Gasteiger partial charge in [-0.2, -0.15) is 4.98 Å². The fourth-order valence-corrected chi connectivity index (χ4v) is 1.02. The van der Waals surface area contributed by atoms with E-state index in [1.165, 1.54) is 0 Å². The summed E-state index contributed by atoms with van der Waals surface area (Å²) < 4.78 is 5.41. The number of aromatic nitrogens is 2. The number of ether oxygens (including phenoxy) is 1. The summed E-state index contributed by atoms with van der Waals surface area (Å²) in [5.41, 5.74) is 5.56. The Kier molecular flexibility index (Phi) is 4.49. The molecule has 1 aromatic rings. The number of nitrogens with zero attached hydrogens (tertiary/aromatic N) is 2. The van der Waals surface area contributed by atoms with E-state index in [0.717, 1.165) is 6.42 Å². The lowest BCUT2D eigenvalue weighted by molar-refractivity contribution is 0.305. The topological polar surface area (TPSA) is 73.1 Å². The fourth-order valence-electron chi connectivity index (χ4n) is 1.02. The summed E-state index contributed by atoms with van der Waals surface area (Å²) in [6.07, 6.45) is 2.63. The highest BCUT2D eigenvalue weighted by atomic mass is 16.5. The van der Waals surface area contributed by atoms with Crippen molar-refractivity contribution in [2.24, 2.45) is 5.73 Å². The van der Waals surface area contributed by atoms with Crippen molar-refractivity contribution in [2.45, 2.75) is 32.7 Å². The Balaban J connectivity index is 2.53. The first-order valence-corrected chi connectivity index (χ1v) is 5.50. The fraction of sp³-hybridized carbons (Fsp3) is 0.636. The molecule has 0 aliphatic rings. The molecule has 0 atom stereocenters. The summed E-state index contributed by atoms with van der Waals surface area (Å²) >= 11 is 0. The number of nitrogens with one attached hydrogen (secondary N) is 1. The Labute approximate surface area is 96.4 Å². The Morgan fingerprint density at radius 3 is 2.88 bits per heavy atom. The standard InChI is InChI=1S/C11H20N4O/c1-4-7-16-9-5-6-13-10(15-9)14-8-11(2,3)12/h5-6H,4,7-8,12H2,1-3H3,(H,13,14,15). The van der Waals surface area contributed by atoms with Crippen molar-refractivity contribution in [1.29, 1.82) is 0 Å². The molecule has 0 aromatic carbocycles. The van der Waals surface area contributed by atoms with Crippen molar-refractivity contribution >= 4 is 5.95 Å². The van der Waals surface area contributed by atoms with Crippen molar-refractivity contribution < 1.29 is 4.74 Å². The van der Waals surface area contributed by atoms with Gasteiger partial charge in [-0.25, -0.2) is 4.98 Å². The second-order valence-electron chi connectivity index (χ2n) is 4.41. The van der Waals surface area contributed by atoms with E-state index >= 15 is 0 Å². The number of hydrogen-bond acceptors (Lipinski definition) is 5. The third kappa shape index (κ3) is 4.93. The highest BCUT2D eigenvalue weighted by Crippen LogP contribution is 2.09. The van der Waals surface area contributed by atoms with E-state index in [1.54, 1.807) is 12.3 Å². The van der Waals surface area contributed by atoms with Gasteiger partial charge >= 0.3 is 0 Å². The summed E-state index contributed by atoms with van der Waals surface area (Å²) in [7, 11) is 0. The second kappa shape index (κ2) is 5.65. The molecule has 5 nitrogen and oxygen atoms in total. The van der Waals surface area contributed by atoms with E-state index < -0.39 is 0 Å². The zero-order valence-electron chi connectivity index (χ0n) is 10.2. The van der Waals surface area contributed by atoms with Crippen LogP contribution in [0.25, 0.3) is 0 Å². The monoisotopic (exact) mass is 224 g/mol. The lowest BCUT2D eigenvalue weighted by Crippen LogP contribution is -2.39. The molecule has 0 saturated carbocycles. The summed E-state index contributed by atoms with van der Waals surface area (Å²) in [6.45, 7) is 7.22. The molecule has 1 rings (SSSR count). The average molecular weight is 224 g/mol. The molecular formula is C11H20N4O. The minimum Gasteiger partial charge on any atom is -0.478 e. The number of anilines is 1. The molecule has 1 aromatic heterocycles. The number of nitrogens with two attached hydrogens (primary N) is 1. The maximum atomic E-state index is 5.85. The highest BCUT2D eigenvalue weighted by Gasteiger charge is 2.10. The van der Waals surface area contributed by atoms with Gasteiger partial charge in [-0.05, 0) is 20.3 Å². The zero-order chi connectivity index (χ0) is 12.0. The molecule has 3 N–H and O–H groups in total. The summed E-state index contributed by atoms with van der Waals surface area (Å²) in [4.78, 5) is 8.31. The van der Waals surface area contributed by atoms with Crippen molar-refractivity contribution in [1.82, 2.24) is 9.97 Å². The van der Waals surface area contributed by atoms with Gasteiger partial charge in [0.25, 0.3) is 0 Å². The number of rotatable bonds is 6. The van der Waals surface area contributed by atoms with E-state index in [0.29, 0.717) is 25.0 Å². The van der Waals surface area contributed by atoms with E-state index in [2.05, 4.69) is 22.2 Å². The van der Waals surface area contributed by atoms with Crippen LogP contribution in [0.4, 0.5) is 5.95 Å². The molecule has 0 amide bonds. The Hall–Kier alpha value is -1.36. The number of hydrogen-bond donors (Lipinski definition) is 2. The maximum absolute atomic E-state index is 5.85. The van der Waals surface area contributed by atoms with Crippen LogP contribution in [0.15, 0.2) is 12.3 Å². The van der Waals surface area contributed by atoms with Gasteiger partial charge < -0.3 is 15.8 Å². The van der Waals surface area contributed by atoms with Gasteiger partial charge in [-0.1, -0.05) is 6.92 Å². The first-order chi connectivity index (χ1) is 7.51. The first-order valence-electron chi connectivity index (χ1n) is 5.50. The van der Waals surface area contributed by atoms with Crippen LogP contribution >= 0.6 is 0 Å². The van der Waals surface area contributed by atoms with Gasteiger partial charge in [0.15, 0.2) is 0 Å². The first kappa shape index (κ1) is 12.7. The van der Waals surface area contributed by atoms with Crippen LogP contribution in [0.5, 0.6) is 5.88 Å². The molecule has 0 radical (unpaired) electrons. The van der Waals surface area contributed by atoms with Crippen LogP contribution in [0.2, 0.25) is 0 Å². The van der Waals surface area contributed by atoms with Gasteiger partial charge in [0.1, 0.15) is 0 Å². The molecule has 5 heteroatoms. The molecule has 1 heterocycles. The van der Waals surface area contributed by atoms with Crippen molar-refractivity contribution in [3.63, 3.8) is 0 Å². The van der Waals surface area contributed by atoms with Gasteiger partial charge in [0, 0.05) is 24.3 Å². The third-order valence-corrected chi connectivity index (χ3v) is 1.79. The molecule has 0 bridgehead atoms. The van der Waals surface area contributed by atoms with Gasteiger partial charge in [-0.15, -0.1) is 0 Å². The summed E-state index contributed by atoms with van der Waals surface area (Å²) in [6, 6.07) is 1.74. The minimum absolute atomic E-state index is 0.288. The Morgan fingerprint density at radius 2 is 2.25 bits per heavy atom. The molecule has 0 spiro atoms. The molecule has 90 valence electrons. The van der Waals surface area contributed by atoms with Gasteiger partial charge in [-0.3, -0.25) is 0 Å². The molecule has 0 unspecified atom stereocenters. The van der Waals surface area contributed by atoms with Crippen LogP contribution < -0.4 is 15.8 Å². The predicted octanol–water partition coefficient (Wildman–Crippen LogP) is 1.41. The second-order valence-corrected chi connectivity index (χ2v) is 4.41. The summed E-state index contributed by atoms with van der Waals surface area (Å²) in [5.74, 6) is 1.14. The minimum atomic E-state index is -0.288. The maximum Gasteiger partial charge on any atom is 0.226 e. The lowest BCUT2D eigenvalue weighted by Gasteiger charge is -2.18. The van der Waals surface area contributed by atoms with Crippen LogP contribution in [-0.2, 0) is 0 Å². The van der Waals surface area contributed by atoms with Crippen molar-refractivity contribution in [2.75, 3.05) is 18.5 Å². The molecule has 0 aliphatic carbocycles. The lowest BCUT2D eigenvalue weighted by atomic mass is 10.1.